The van der Waals surface area contributed by atoms with E-state index in [9.17, 15) is 19.0 Å². The van der Waals surface area contributed by atoms with Crippen LogP contribution in [-0.4, -0.2) is 21.2 Å². The maximum atomic E-state index is 12.9. The molecular weight excluding hydrogens is 385 g/mol. The van der Waals surface area contributed by atoms with Gasteiger partial charge in [0, 0.05) is 33.0 Å². The highest BCUT2D eigenvalue weighted by molar-refractivity contribution is 7.92. The van der Waals surface area contributed by atoms with Crippen molar-refractivity contribution >= 4 is 34.1 Å². The molecule has 0 aliphatic carbocycles. The number of nitrogens with zero attached hydrogens (tertiary/aromatic N) is 2. The number of hydrogen-bond acceptors (Lipinski definition) is 5. The average Bonchev–Trinajstić information content (AvgIpc) is 3.17. The Hall–Kier alpha value is -2.73. The third-order valence-corrected chi connectivity index (χ3v) is 5.77. The van der Waals surface area contributed by atoms with Crippen molar-refractivity contribution in [3.05, 3.63) is 64.9 Å². The van der Waals surface area contributed by atoms with E-state index < -0.39 is 22.9 Å². The molecule has 1 aromatic carbocycles. The number of aryl methyl sites for hydroxylation is 1. The highest BCUT2D eigenvalue weighted by Gasteiger charge is 2.26. The smallest absolute Gasteiger partial charge is 0.274 e. The molecule has 0 saturated heterocycles. The number of carbonyl (C=O) groups excluding carboxylic acids is 1. The number of benzene rings is 1. The summed E-state index contributed by atoms with van der Waals surface area (Å²) in [5.41, 5.74) is 1.87. The molecule has 8 heteroatoms. The molecule has 0 saturated carbocycles. The lowest BCUT2D eigenvalue weighted by Gasteiger charge is -2.13. The van der Waals surface area contributed by atoms with E-state index in [0.29, 0.717) is 16.9 Å². The standard InChI is InChI=1S/C19H14FN3O2S2/c1-12-9-15(17-3-2-8-26-17)16(10-21)19(22-12)27(25)11-18(24)23-14-6-4-13(20)5-7-14/h2-9H,11H2,1H3,(H,23,24). The molecule has 27 heavy (non-hydrogen) atoms. The number of halogens is 1. The minimum absolute atomic E-state index is 0.0927. The van der Waals surface area contributed by atoms with Crippen molar-refractivity contribution in [2.75, 3.05) is 11.1 Å². The molecule has 3 rings (SSSR count). The van der Waals surface area contributed by atoms with Crippen molar-refractivity contribution in [1.29, 1.82) is 5.26 Å². The van der Waals surface area contributed by atoms with E-state index in [1.54, 1.807) is 13.0 Å². The Bertz CT molecular complexity index is 999. The maximum absolute atomic E-state index is 12.9. The Morgan fingerprint density at radius 3 is 2.74 bits per heavy atom. The summed E-state index contributed by atoms with van der Waals surface area (Å²) < 4.78 is 25.7. The molecule has 2 aromatic heterocycles. The summed E-state index contributed by atoms with van der Waals surface area (Å²) in [4.78, 5) is 17.3. The lowest BCUT2D eigenvalue weighted by Crippen LogP contribution is -2.24. The van der Waals surface area contributed by atoms with Crippen LogP contribution in [0.25, 0.3) is 10.4 Å². The minimum Gasteiger partial charge on any atom is -0.610 e. The number of hydrogen-bond donors (Lipinski definition) is 1. The molecule has 0 fully saturated rings. The summed E-state index contributed by atoms with van der Waals surface area (Å²) in [6.45, 7) is 1.75. The Morgan fingerprint density at radius 2 is 2.11 bits per heavy atom. The second-order valence-electron chi connectivity index (χ2n) is 5.63. The zero-order valence-electron chi connectivity index (χ0n) is 14.2. The van der Waals surface area contributed by atoms with Crippen LogP contribution in [0.2, 0.25) is 0 Å². The minimum atomic E-state index is -1.80. The van der Waals surface area contributed by atoms with E-state index in [2.05, 4.69) is 16.4 Å². The van der Waals surface area contributed by atoms with Gasteiger partial charge >= 0.3 is 0 Å². The number of pyridine rings is 1. The van der Waals surface area contributed by atoms with Gasteiger partial charge in [-0.15, -0.1) is 11.3 Å². The third kappa shape index (κ3) is 4.52. The maximum Gasteiger partial charge on any atom is 0.274 e. The van der Waals surface area contributed by atoms with Gasteiger partial charge in [0.05, 0.1) is 0 Å². The summed E-state index contributed by atoms with van der Waals surface area (Å²) in [6.07, 6.45) is 0. The lowest BCUT2D eigenvalue weighted by molar-refractivity contribution is -0.113. The molecule has 1 N–H and O–H groups in total. The first-order chi connectivity index (χ1) is 13.0. The van der Waals surface area contributed by atoms with E-state index in [1.807, 2.05) is 17.5 Å². The van der Waals surface area contributed by atoms with Gasteiger partial charge in [0.1, 0.15) is 17.4 Å². The van der Waals surface area contributed by atoms with Crippen molar-refractivity contribution in [2.45, 2.75) is 11.9 Å². The first-order valence-electron chi connectivity index (χ1n) is 7.87. The molecule has 5 nitrogen and oxygen atoms in total. The van der Waals surface area contributed by atoms with Crippen LogP contribution in [0.15, 0.2) is 52.9 Å². The van der Waals surface area contributed by atoms with Crippen molar-refractivity contribution < 1.29 is 13.7 Å². The van der Waals surface area contributed by atoms with Crippen LogP contribution in [-0.2, 0) is 16.0 Å². The molecule has 1 unspecified atom stereocenters. The number of nitrogens with one attached hydrogen (secondary N) is 1. The Morgan fingerprint density at radius 1 is 1.37 bits per heavy atom. The third-order valence-electron chi connectivity index (χ3n) is 3.62. The summed E-state index contributed by atoms with van der Waals surface area (Å²) in [5, 5.41) is 14.1. The molecule has 0 spiro atoms. The summed E-state index contributed by atoms with van der Waals surface area (Å²) >= 11 is -0.337. The fraction of sp³-hybridized carbons (Fsp3) is 0.105. The zero-order chi connectivity index (χ0) is 19.4. The Labute approximate surface area is 162 Å². The normalized spacial score (nSPS) is 11.6. The summed E-state index contributed by atoms with van der Waals surface area (Å²) in [5.74, 6) is -1.28. The second-order valence-corrected chi connectivity index (χ2v) is 7.94. The van der Waals surface area contributed by atoms with Crippen molar-refractivity contribution in [3.63, 3.8) is 0 Å². The topological polar surface area (TPSA) is 88.8 Å². The van der Waals surface area contributed by atoms with Crippen LogP contribution < -0.4 is 5.32 Å². The monoisotopic (exact) mass is 399 g/mol. The highest BCUT2D eigenvalue weighted by atomic mass is 32.2. The predicted molar refractivity (Wildman–Crippen MR) is 103 cm³/mol. The Balaban J connectivity index is 1.84. The van der Waals surface area contributed by atoms with Gasteiger partial charge in [-0.1, -0.05) is 6.07 Å². The molecule has 0 aliphatic rings. The van der Waals surface area contributed by atoms with Gasteiger partial charge in [-0.25, -0.2) is 9.37 Å². The SMILES string of the molecule is Cc1cc(-c2cccs2)c(C#N)c([S+]([O-])CC(=O)Nc2ccc(F)cc2)n1. The van der Waals surface area contributed by atoms with Crippen LogP contribution in [0.5, 0.6) is 0 Å². The average molecular weight is 399 g/mol. The summed E-state index contributed by atoms with van der Waals surface area (Å²) in [6, 6.07) is 12.8. The van der Waals surface area contributed by atoms with Gasteiger partial charge in [-0.3, -0.25) is 4.79 Å². The Kier molecular flexibility index (Phi) is 5.86. The molecule has 3 aromatic rings. The fourth-order valence-electron chi connectivity index (χ4n) is 2.46. The molecule has 0 radical (unpaired) electrons. The van der Waals surface area contributed by atoms with Crippen LogP contribution in [0, 0.1) is 24.1 Å². The molecule has 2 heterocycles. The number of rotatable bonds is 5. The van der Waals surface area contributed by atoms with Gasteiger partial charge in [0.15, 0.2) is 5.75 Å². The van der Waals surface area contributed by atoms with Crippen LogP contribution in [0.1, 0.15) is 11.3 Å². The zero-order valence-corrected chi connectivity index (χ0v) is 15.9. The van der Waals surface area contributed by atoms with E-state index in [0.717, 1.165) is 4.88 Å². The van der Waals surface area contributed by atoms with E-state index in [1.165, 1.54) is 35.6 Å². The van der Waals surface area contributed by atoms with Gasteiger partial charge in [0.2, 0.25) is 0 Å². The van der Waals surface area contributed by atoms with Crippen LogP contribution in [0.3, 0.4) is 0 Å². The first kappa shape index (κ1) is 19.0. The van der Waals surface area contributed by atoms with Crippen molar-refractivity contribution in [1.82, 2.24) is 4.98 Å². The quantitative estimate of drug-likeness (QED) is 0.660. The largest absolute Gasteiger partial charge is 0.610 e. The number of amides is 1. The molecule has 0 bridgehead atoms. The molecular formula is C19H14FN3O2S2. The van der Waals surface area contributed by atoms with Crippen molar-refractivity contribution in [2.24, 2.45) is 0 Å². The summed E-state index contributed by atoms with van der Waals surface area (Å²) in [7, 11) is 0. The molecule has 136 valence electrons. The van der Waals surface area contributed by atoms with Gasteiger partial charge < -0.3 is 9.87 Å². The fourth-order valence-corrected chi connectivity index (χ4v) is 4.29. The number of nitriles is 1. The number of thiophene rings is 1. The van der Waals surface area contributed by atoms with E-state index in [-0.39, 0.29) is 16.3 Å². The number of carbonyl (C=O) groups is 1. The number of aromatic nitrogens is 1. The van der Waals surface area contributed by atoms with Crippen molar-refractivity contribution in [3.8, 4) is 16.5 Å². The second kappa shape index (κ2) is 8.31. The molecule has 1 atom stereocenters. The van der Waals surface area contributed by atoms with Gasteiger partial charge in [-0.05, 0) is 48.7 Å². The highest BCUT2D eigenvalue weighted by Crippen LogP contribution is 2.31. The van der Waals surface area contributed by atoms with Crippen LogP contribution >= 0.6 is 11.3 Å². The molecule has 1 amide bonds. The van der Waals surface area contributed by atoms with Gasteiger partial charge in [0.25, 0.3) is 10.9 Å². The van der Waals surface area contributed by atoms with E-state index in [4.69, 9.17) is 0 Å². The van der Waals surface area contributed by atoms with Gasteiger partial charge in [-0.2, -0.15) is 5.26 Å². The van der Waals surface area contributed by atoms with E-state index >= 15 is 0 Å². The number of anilines is 1. The predicted octanol–water partition coefficient (Wildman–Crippen LogP) is 3.88. The first-order valence-corrected chi connectivity index (χ1v) is 10.1. The lowest BCUT2D eigenvalue weighted by atomic mass is 10.1. The molecule has 0 aliphatic heterocycles. The van der Waals surface area contributed by atoms with Crippen LogP contribution in [0.4, 0.5) is 10.1 Å².